The molecule has 4 rings (SSSR count). The quantitative estimate of drug-likeness (QED) is 0.295. The van der Waals surface area contributed by atoms with Crippen LogP contribution < -0.4 is 0 Å². The first-order valence-electron chi connectivity index (χ1n) is 10.4. The molecule has 35 heavy (non-hydrogen) atoms. The number of rotatable bonds is 6. The zero-order valence-corrected chi connectivity index (χ0v) is 20.2. The van der Waals surface area contributed by atoms with Gasteiger partial charge < -0.3 is 20.4 Å². The van der Waals surface area contributed by atoms with Gasteiger partial charge in [-0.15, -0.1) is 0 Å². The Morgan fingerprint density at radius 1 is 0.429 bits per heavy atom. The van der Waals surface area contributed by atoms with Crippen LogP contribution in [0.1, 0.15) is 22.3 Å². The van der Waals surface area contributed by atoms with E-state index in [-0.39, 0.29) is 21.7 Å². The molecule has 0 aliphatic rings. The maximum atomic E-state index is 11.4. The third kappa shape index (κ3) is 5.94. The van der Waals surface area contributed by atoms with Gasteiger partial charge in [0.05, 0.1) is 0 Å². The molecule has 0 unspecified atom stereocenters. The molecule has 0 aromatic heterocycles. The molecule has 7 heteroatoms. The Hall–Kier alpha value is -3.55. The van der Waals surface area contributed by atoms with Gasteiger partial charge in [0.15, 0.2) is 0 Å². The van der Waals surface area contributed by atoms with Crippen LogP contribution in [-0.4, -0.2) is 32.4 Å². The fourth-order valence-corrected chi connectivity index (χ4v) is 3.54. The number of hydrogen-bond acceptors (Lipinski definition) is 4. The molecule has 0 bridgehead atoms. The molecule has 0 saturated carbocycles. The number of carboxylic acids is 2. The van der Waals surface area contributed by atoms with E-state index in [1.54, 1.807) is 121 Å². The van der Waals surface area contributed by atoms with E-state index in [1.165, 1.54) is 0 Å². The summed E-state index contributed by atoms with van der Waals surface area (Å²) in [4.78, 5) is 22.7. The number of benzene rings is 4. The molecular weight excluding hydrogens is 480 g/mol. The molecule has 0 atom stereocenters. The maximum Gasteiger partial charge on any atom is 0.345 e. The summed E-state index contributed by atoms with van der Waals surface area (Å²) in [7, 11) is 0. The van der Waals surface area contributed by atoms with E-state index in [1.807, 2.05) is 0 Å². The van der Waals surface area contributed by atoms with Gasteiger partial charge >= 0.3 is 11.9 Å². The molecule has 0 fully saturated rings. The molecule has 4 aromatic rings. The summed E-state index contributed by atoms with van der Waals surface area (Å²) in [6, 6.07) is 33.5. The molecule has 0 radical (unpaired) electrons. The number of aliphatic hydroxyl groups is 2. The van der Waals surface area contributed by atoms with Crippen LogP contribution in [-0.2, 0) is 42.5 Å². The van der Waals surface area contributed by atoms with Gasteiger partial charge in [-0.3, -0.25) is 0 Å². The molecule has 0 aliphatic heterocycles. The van der Waals surface area contributed by atoms with Crippen LogP contribution in [0, 0.1) is 0 Å². The van der Waals surface area contributed by atoms with Crippen molar-refractivity contribution in [1.82, 2.24) is 0 Å². The molecule has 176 valence electrons. The van der Waals surface area contributed by atoms with Crippen LogP contribution in [0.15, 0.2) is 121 Å². The third-order valence-electron chi connectivity index (χ3n) is 5.39. The summed E-state index contributed by atoms with van der Waals surface area (Å²) >= 11 is 0. The van der Waals surface area contributed by atoms with Crippen molar-refractivity contribution in [3.05, 3.63) is 144 Å². The Labute approximate surface area is 218 Å². The van der Waals surface area contributed by atoms with Crippen molar-refractivity contribution < 1.29 is 51.7 Å². The van der Waals surface area contributed by atoms with E-state index in [0.717, 1.165) is 0 Å². The van der Waals surface area contributed by atoms with Crippen molar-refractivity contribution >= 4 is 11.9 Å². The van der Waals surface area contributed by atoms with Crippen LogP contribution in [0.3, 0.4) is 0 Å². The minimum atomic E-state index is -2.00. The summed E-state index contributed by atoms with van der Waals surface area (Å²) in [5, 5.41) is 39.4. The minimum Gasteiger partial charge on any atom is -0.479 e. The molecule has 4 N–H and O–H groups in total. The SMILES string of the molecule is O=C(O)C(O)(c1ccccc1)c1ccccc1.O=C(O)C(O)(c1ccccc1)c1ccccc1.[Ti]. The number of hydrogen-bond donors (Lipinski definition) is 4. The summed E-state index contributed by atoms with van der Waals surface area (Å²) in [6.45, 7) is 0. The molecular formula is C28H24O6Ti. The van der Waals surface area contributed by atoms with Gasteiger partial charge in [-0.25, -0.2) is 9.59 Å². The Balaban J connectivity index is 0.000000240. The monoisotopic (exact) mass is 504 g/mol. The van der Waals surface area contributed by atoms with E-state index < -0.39 is 23.1 Å². The Kier molecular flexibility index (Phi) is 9.69. The van der Waals surface area contributed by atoms with Gasteiger partial charge in [-0.05, 0) is 22.3 Å². The standard InChI is InChI=1S/2C14H12O3.Ti/c2*15-13(16)14(17,11-7-3-1-4-8-11)12-9-5-2-6-10-12;/h2*1-10,17H,(H,15,16);. The fraction of sp³-hybridized carbons (Fsp3) is 0.0714. The van der Waals surface area contributed by atoms with Crippen LogP contribution >= 0.6 is 0 Å². The molecule has 0 saturated heterocycles. The second-order valence-electron chi connectivity index (χ2n) is 7.50. The van der Waals surface area contributed by atoms with Crippen LogP contribution in [0.4, 0.5) is 0 Å². The van der Waals surface area contributed by atoms with Crippen molar-refractivity contribution in [1.29, 1.82) is 0 Å². The van der Waals surface area contributed by atoms with Gasteiger partial charge in [0.25, 0.3) is 0 Å². The number of carbonyl (C=O) groups is 2. The van der Waals surface area contributed by atoms with E-state index in [0.29, 0.717) is 22.3 Å². The largest absolute Gasteiger partial charge is 0.479 e. The zero-order chi connectivity index (χ0) is 24.6. The van der Waals surface area contributed by atoms with Crippen molar-refractivity contribution in [2.75, 3.05) is 0 Å². The topological polar surface area (TPSA) is 115 Å². The van der Waals surface area contributed by atoms with Crippen molar-refractivity contribution in [3.63, 3.8) is 0 Å². The predicted octanol–water partition coefficient (Wildman–Crippen LogP) is 4.01. The average molecular weight is 504 g/mol. The Bertz CT molecular complexity index is 1040. The third-order valence-corrected chi connectivity index (χ3v) is 5.39. The van der Waals surface area contributed by atoms with Crippen LogP contribution in [0.2, 0.25) is 0 Å². The fourth-order valence-electron chi connectivity index (χ4n) is 3.54. The Morgan fingerprint density at radius 2 is 0.600 bits per heavy atom. The van der Waals surface area contributed by atoms with Crippen LogP contribution in [0.25, 0.3) is 0 Å². The molecule has 4 aromatic carbocycles. The van der Waals surface area contributed by atoms with Gasteiger partial charge in [-0.1, -0.05) is 121 Å². The average Bonchev–Trinajstić information content (AvgIpc) is 2.90. The molecule has 6 nitrogen and oxygen atoms in total. The van der Waals surface area contributed by atoms with E-state index in [4.69, 9.17) is 0 Å². The van der Waals surface area contributed by atoms with E-state index in [2.05, 4.69) is 0 Å². The number of aliphatic carboxylic acids is 2. The van der Waals surface area contributed by atoms with Gasteiger partial charge in [0.2, 0.25) is 11.2 Å². The van der Waals surface area contributed by atoms with Crippen molar-refractivity contribution in [2.24, 2.45) is 0 Å². The second-order valence-corrected chi connectivity index (χ2v) is 7.50. The normalized spacial score (nSPS) is 10.8. The molecule has 0 aliphatic carbocycles. The first-order chi connectivity index (χ1) is 16.3. The second kappa shape index (κ2) is 12.2. The van der Waals surface area contributed by atoms with Gasteiger partial charge in [0, 0.05) is 21.7 Å². The maximum absolute atomic E-state index is 11.4. The molecule has 0 amide bonds. The summed E-state index contributed by atoms with van der Waals surface area (Å²) in [5.41, 5.74) is -2.61. The summed E-state index contributed by atoms with van der Waals surface area (Å²) < 4.78 is 0. The van der Waals surface area contributed by atoms with Crippen molar-refractivity contribution in [3.8, 4) is 0 Å². The van der Waals surface area contributed by atoms with Gasteiger partial charge in [0.1, 0.15) is 0 Å². The van der Waals surface area contributed by atoms with Crippen LogP contribution in [0.5, 0.6) is 0 Å². The minimum absolute atomic E-state index is 0. The Morgan fingerprint density at radius 3 is 0.743 bits per heavy atom. The zero-order valence-electron chi connectivity index (χ0n) is 18.7. The number of carboxylic acid groups (broad SMARTS) is 2. The van der Waals surface area contributed by atoms with Gasteiger partial charge in [-0.2, -0.15) is 0 Å². The van der Waals surface area contributed by atoms with E-state index >= 15 is 0 Å². The molecule has 0 heterocycles. The molecule has 0 spiro atoms. The van der Waals surface area contributed by atoms with E-state index in [9.17, 15) is 30.0 Å². The van der Waals surface area contributed by atoms with Crippen molar-refractivity contribution in [2.45, 2.75) is 11.2 Å². The predicted molar refractivity (Wildman–Crippen MR) is 127 cm³/mol. The first kappa shape index (κ1) is 27.7. The summed E-state index contributed by atoms with van der Waals surface area (Å²) in [5.74, 6) is -2.56. The first-order valence-corrected chi connectivity index (χ1v) is 10.4. The summed E-state index contributed by atoms with van der Waals surface area (Å²) in [6.07, 6.45) is 0. The smallest absolute Gasteiger partial charge is 0.345 e.